The van der Waals surface area contributed by atoms with Gasteiger partial charge in [-0.05, 0) is 36.8 Å². The number of esters is 1. The van der Waals surface area contributed by atoms with E-state index in [0.717, 1.165) is 11.1 Å². The van der Waals surface area contributed by atoms with Gasteiger partial charge in [0.25, 0.3) is 0 Å². The average molecular weight is 273 g/mol. The SMILES string of the molecule is COC(=O)C(Nc1ccc(F)cc1)c1ccc(C)cc1. The van der Waals surface area contributed by atoms with Crippen LogP contribution in [0.15, 0.2) is 48.5 Å². The number of hydrogen-bond acceptors (Lipinski definition) is 3. The van der Waals surface area contributed by atoms with Crippen molar-refractivity contribution in [1.29, 1.82) is 0 Å². The highest BCUT2D eigenvalue weighted by Gasteiger charge is 2.21. The van der Waals surface area contributed by atoms with Crippen molar-refractivity contribution in [1.82, 2.24) is 0 Å². The summed E-state index contributed by atoms with van der Waals surface area (Å²) in [5, 5.41) is 3.05. The van der Waals surface area contributed by atoms with Crippen molar-refractivity contribution in [2.24, 2.45) is 0 Å². The number of halogens is 1. The molecule has 0 spiro atoms. The highest BCUT2D eigenvalue weighted by molar-refractivity contribution is 5.81. The summed E-state index contributed by atoms with van der Waals surface area (Å²) in [4.78, 5) is 11.9. The molecule has 0 fully saturated rings. The van der Waals surface area contributed by atoms with Crippen LogP contribution >= 0.6 is 0 Å². The largest absolute Gasteiger partial charge is 0.467 e. The van der Waals surface area contributed by atoms with Crippen LogP contribution in [0.1, 0.15) is 17.2 Å². The summed E-state index contributed by atoms with van der Waals surface area (Å²) >= 11 is 0. The molecule has 2 aromatic carbocycles. The van der Waals surface area contributed by atoms with Crippen molar-refractivity contribution < 1.29 is 13.9 Å². The molecule has 20 heavy (non-hydrogen) atoms. The third kappa shape index (κ3) is 3.35. The fourth-order valence-corrected chi connectivity index (χ4v) is 1.87. The molecular weight excluding hydrogens is 257 g/mol. The first-order valence-electron chi connectivity index (χ1n) is 6.26. The molecule has 2 aromatic rings. The minimum Gasteiger partial charge on any atom is -0.467 e. The molecule has 0 heterocycles. The summed E-state index contributed by atoms with van der Waals surface area (Å²) in [6.07, 6.45) is 0. The van der Waals surface area contributed by atoms with Gasteiger partial charge in [-0.25, -0.2) is 9.18 Å². The van der Waals surface area contributed by atoms with Gasteiger partial charge in [0.1, 0.15) is 5.82 Å². The van der Waals surface area contributed by atoms with Crippen molar-refractivity contribution >= 4 is 11.7 Å². The predicted octanol–water partition coefficient (Wildman–Crippen LogP) is 3.46. The van der Waals surface area contributed by atoms with Crippen LogP contribution in [-0.2, 0) is 9.53 Å². The van der Waals surface area contributed by atoms with Gasteiger partial charge in [-0.15, -0.1) is 0 Å². The predicted molar refractivity (Wildman–Crippen MR) is 76.0 cm³/mol. The zero-order valence-corrected chi connectivity index (χ0v) is 11.4. The zero-order chi connectivity index (χ0) is 14.5. The first-order chi connectivity index (χ1) is 9.60. The van der Waals surface area contributed by atoms with E-state index in [1.165, 1.54) is 19.2 Å². The Labute approximate surface area is 117 Å². The number of carbonyl (C=O) groups excluding carboxylic acids is 1. The third-order valence-electron chi connectivity index (χ3n) is 3.00. The number of benzene rings is 2. The lowest BCUT2D eigenvalue weighted by Crippen LogP contribution is -2.22. The Hall–Kier alpha value is -2.36. The van der Waals surface area contributed by atoms with E-state index in [1.54, 1.807) is 12.1 Å². The van der Waals surface area contributed by atoms with Crippen LogP contribution < -0.4 is 5.32 Å². The fourth-order valence-electron chi connectivity index (χ4n) is 1.87. The molecule has 0 saturated heterocycles. The Kier molecular flexibility index (Phi) is 4.35. The number of nitrogens with one attached hydrogen (secondary N) is 1. The lowest BCUT2D eigenvalue weighted by Gasteiger charge is -2.18. The fraction of sp³-hybridized carbons (Fsp3) is 0.188. The Bertz CT molecular complexity index is 578. The second-order valence-corrected chi connectivity index (χ2v) is 4.52. The van der Waals surface area contributed by atoms with Gasteiger partial charge in [-0.1, -0.05) is 29.8 Å². The van der Waals surface area contributed by atoms with Gasteiger partial charge in [-0.2, -0.15) is 0 Å². The molecule has 3 nitrogen and oxygen atoms in total. The normalized spacial score (nSPS) is 11.8. The number of carbonyl (C=O) groups is 1. The molecule has 0 aliphatic heterocycles. The summed E-state index contributed by atoms with van der Waals surface area (Å²) < 4.78 is 17.7. The summed E-state index contributed by atoms with van der Waals surface area (Å²) in [5.41, 5.74) is 2.56. The standard InChI is InChI=1S/C16H16FNO2/c1-11-3-5-12(6-4-11)15(16(19)20-2)18-14-9-7-13(17)8-10-14/h3-10,15,18H,1-2H3. The molecule has 4 heteroatoms. The van der Waals surface area contributed by atoms with Crippen LogP contribution in [0.5, 0.6) is 0 Å². The van der Waals surface area contributed by atoms with Gasteiger partial charge in [0, 0.05) is 5.69 Å². The molecular formula is C16H16FNO2. The minimum absolute atomic E-state index is 0.319. The number of ether oxygens (including phenoxy) is 1. The smallest absolute Gasteiger partial charge is 0.332 e. The monoisotopic (exact) mass is 273 g/mol. The van der Waals surface area contributed by atoms with Gasteiger partial charge >= 0.3 is 5.97 Å². The van der Waals surface area contributed by atoms with Crippen molar-refractivity contribution in [3.8, 4) is 0 Å². The quantitative estimate of drug-likeness (QED) is 0.867. The van der Waals surface area contributed by atoms with Crippen molar-refractivity contribution in [2.75, 3.05) is 12.4 Å². The lowest BCUT2D eigenvalue weighted by molar-refractivity contribution is -0.141. The highest BCUT2D eigenvalue weighted by atomic mass is 19.1. The van der Waals surface area contributed by atoms with E-state index in [2.05, 4.69) is 5.32 Å². The molecule has 0 saturated carbocycles. The maximum Gasteiger partial charge on any atom is 0.332 e. The summed E-state index contributed by atoms with van der Waals surface area (Å²) in [6.45, 7) is 1.98. The maximum atomic E-state index is 12.9. The van der Waals surface area contributed by atoms with Crippen LogP contribution in [0.4, 0.5) is 10.1 Å². The molecule has 0 aliphatic carbocycles. The number of methoxy groups -OCH3 is 1. The van der Waals surface area contributed by atoms with Crippen molar-refractivity contribution in [3.05, 3.63) is 65.5 Å². The lowest BCUT2D eigenvalue weighted by atomic mass is 10.0. The summed E-state index contributed by atoms with van der Waals surface area (Å²) in [6, 6.07) is 12.8. The molecule has 104 valence electrons. The van der Waals surface area contributed by atoms with E-state index in [0.29, 0.717) is 5.69 Å². The number of aryl methyl sites for hydroxylation is 1. The number of hydrogen-bond donors (Lipinski definition) is 1. The van der Waals surface area contributed by atoms with Crippen LogP contribution in [0, 0.1) is 12.7 Å². The summed E-state index contributed by atoms with van der Waals surface area (Å²) in [5.74, 6) is -0.710. The Morgan fingerprint density at radius 2 is 1.70 bits per heavy atom. The first kappa shape index (κ1) is 14.1. The molecule has 0 radical (unpaired) electrons. The zero-order valence-electron chi connectivity index (χ0n) is 11.4. The van der Waals surface area contributed by atoms with E-state index in [-0.39, 0.29) is 5.82 Å². The molecule has 1 atom stereocenters. The Balaban J connectivity index is 2.26. The second kappa shape index (κ2) is 6.19. The second-order valence-electron chi connectivity index (χ2n) is 4.52. The van der Waals surface area contributed by atoms with Gasteiger partial charge in [0.15, 0.2) is 6.04 Å². The van der Waals surface area contributed by atoms with Crippen molar-refractivity contribution in [3.63, 3.8) is 0 Å². The molecule has 0 aliphatic rings. The molecule has 1 N–H and O–H groups in total. The molecule has 0 bridgehead atoms. The number of anilines is 1. The third-order valence-corrected chi connectivity index (χ3v) is 3.00. The Morgan fingerprint density at radius 1 is 1.10 bits per heavy atom. The Morgan fingerprint density at radius 3 is 2.25 bits per heavy atom. The average Bonchev–Trinajstić information content (AvgIpc) is 2.47. The maximum absolute atomic E-state index is 12.9. The van der Waals surface area contributed by atoms with Crippen LogP contribution in [-0.4, -0.2) is 13.1 Å². The van der Waals surface area contributed by atoms with Gasteiger partial charge in [0.2, 0.25) is 0 Å². The van der Waals surface area contributed by atoms with E-state index >= 15 is 0 Å². The molecule has 2 rings (SSSR count). The molecule has 1 unspecified atom stereocenters. The number of rotatable bonds is 4. The van der Waals surface area contributed by atoms with Crippen molar-refractivity contribution in [2.45, 2.75) is 13.0 Å². The van der Waals surface area contributed by atoms with Crippen LogP contribution in [0.3, 0.4) is 0 Å². The topological polar surface area (TPSA) is 38.3 Å². The molecule has 0 amide bonds. The summed E-state index contributed by atoms with van der Waals surface area (Å²) in [7, 11) is 1.34. The highest BCUT2D eigenvalue weighted by Crippen LogP contribution is 2.21. The van der Waals surface area contributed by atoms with E-state index in [9.17, 15) is 9.18 Å². The van der Waals surface area contributed by atoms with Gasteiger partial charge in [0.05, 0.1) is 7.11 Å². The van der Waals surface area contributed by atoms with E-state index in [4.69, 9.17) is 4.74 Å². The van der Waals surface area contributed by atoms with E-state index in [1.807, 2.05) is 31.2 Å². The van der Waals surface area contributed by atoms with Crippen LogP contribution in [0.2, 0.25) is 0 Å². The van der Waals surface area contributed by atoms with Gasteiger partial charge < -0.3 is 10.1 Å². The van der Waals surface area contributed by atoms with Crippen LogP contribution in [0.25, 0.3) is 0 Å². The first-order valence-corrected chi connectivity index (χ1v) is 6.26. The van der Waals surface area contributed by atoms with E-state index < -0.39 is 12.0 Å². The van der Waals surface area contributed by atoms with Gasteiger partial charge in [-0.3, -0.25) is 0 Å². The molecule has 0 aromatic heterocycles. The minimum atomic E-state index is -0.619.